The molecule has 0 bridgehead atoms. The van der Waals surface area contributed by atoms with Crippen LogP contribution in [0.5, 0.6) is 0 Å². The smallest absolute Gasteiger partial charge is 0.133 e. The molecule has 1 aliphatic rings. The molecule has 1 aromatic carbocycles. The Balaban J connectivity index is 1.92. The summed E-state index contributed by atoms with van der Waals surface area (Å²) < 4.78 is 0. The van der Waals surface area contributed by atoms with Crippen molar-refractivity contribution in [3.63, 3.8) is 0 Å². The zero-order chi connectivity index (χ0) is 9.38. The monoisotopic (exact) mass is 202 g/mol. The van der Waals surface area contributed by atoms with Gasteiger partial charge in [0.15, 0.2) is 0 Å². The fraction of sp³-hybridized carbons (Fsp3) is 0.0909. The molecular weight excluding hydrogens is 192 g/mol. The summed E-state index contributed by atoms with van der Waals surface area (Å²) in [5.74, 6) is 0. The summed E-state index contributed by atoms with van der Waals surface area (Å²) in [6.07, 6.45) is 0.243. The van der Waals surface area contributed by atoms with Crippen LogP contribution in [-0.2, 0) is 0 Å². The second-order valence-electron chi connectivity index (χ2n) is 3.28. The summed E-state index contributed by atoms with van der Waals surface area (Å²) in [6.45, 7) is 0. The van der Waals surface area contributed by atoms with E-state index in [2.05, 4.69) is 40.3 Å². The van der Waals surface area contributed by atoms with Gasteiger partial charge in [-0.15, -0.1) is 11.3 Å². The first-order chi connectivity index (χ1) is 6.93. The lowest BCUT2D eigenvalue weighted by atomic mass is 10.3. The molecule has 0 saturated carbocycles. The number of benzene rings is 1. The molecule has 0 radical (unpaired) electrons. The Labute approximate surface area is 86.6 Å². The Morgan fingerprint density at radius 1 is 0.929 bits per heavy atom. The van der Waals surface area contributed by atoms with Gasteiger partial charge in [-0.25, -0.2) is 0 Å². The first-order valence-electron chi connectivity index (χ1n) is 4.59. The fourth-order valence-electron chi connectivity index (χ4n) is 1.68. The predicted molar refractivity (Wildman–Crippen MR) is 60.7 cm³/mol. The molecule has 0 unspecified atom stereocenters. The van der Waals surface area contributed by atoms with Crippen molar-refractivity contribution in [3.05, 3.63) is 46.7 Å². The van der Waals surface area contributed by atoms with Crippen LogP contribution < -0.4 is 10.6 Å². The first kappa shape index (κ1) is 7.88. The van der Waals surface area contributed by atoms with Crippen molar-refractivity contribution in [2.45, 2.75) is 6.17 Å². The maximum atomic E-state index is 3.44. The summed E-state index contributed by atoms with van der Waals surface area (Å²) in [5.41, 5.74) is 2.37. The van der Waals surface area contributed by atoms with Gasteiger partial charge in [0.25, 0.3) is 0 Å². The molecule has 0 atom stereocenters. The third-order valence-corrected chi connectivity index (χ3v) is 3.29. The average Bonchev–Trinajstić information content (AvgIpc) is 2.86. The molecule has 2 heterocycles. The molecule has 0 spiro atoms. The van der Waals surface area contributed by atoms with Crippen LogP contribution >= 0.6 is 11.3 Å². The van der Waals surface area contributed by atoms with Crippen LogP contribution in [0.25, 0.3) is 0 Å². The van der Waals surface area contributed by atoms with Gasteiger partial charge < -0.3 is 10.6 Å². The van der Waals surface area contributed by atoms with E-state index in [1.165, 1.54) is 16.3 Å². The zero-order valence-electron chi connectivity index (χ0n) is 7.53. The van der Waals surface area contributed by atoms with Gasteiger partial charge in [-0.2, -0.15) is 0 Å². The minimum absolute atomic E-state index is 0.243. The van der Waals surface area contributed by atoms with Gasteiger partial charge in [0.2, 0.25) is 0 Å². The minimum atomic E-state index is 0.243. The van der Waals surface area contributed by atoms with Crippen LogP contribution in [-0.4, -0.2) is 0 Å². The number of para-hydroxylation sites is 2. The Morgan fingerprint density at radius 3 is 2.21 bits per heavy atom. The van der Waals surface area contributed by atoms with Crippen molar-refractivity contribution in [3.8, 4) is 0 Å². The molecule has 2 aromatic rings. The highest BCUT2D eigenvalue weighted by Gasteiger charge is 2.20. The topological polar surface area (TPSA) is 24.1 Å². The molecule has 2 nitrogen and oxygen atoms in total. The van der Waals surface area contributed by atoms with Gasteiger partial charge >= 0.3 is 0 Å². The minimum Gasteiger partial charge on any atom is -0.359 e. The molecule has 3 rings (SSSR count). The van der Waals surface area contributed by atoms with Crippen LogP contribution in [0, 0.1) is 0 Å². The van der Waals surface area contributed by atoms with E-state index < -0.39 is 0 Å². The second kappa shape index (κ2) is 3.03. The third-order valence-electron chi connectivity index (χ3n) is 2.35. The van der Waals surface area contributed by atoms with Crippen LogP contribution in [0.4, 0.5) is 11.4 Å². The van der Waals surface area contributed by atoms with E-state index in [1.54, 1.807) is 11.3 Å². The number of nitrogens with one attached hydrogen (secondary N) is 2. The molecule has 2 N–H and O–H groups in total. The summed E-state index contributed by atoms with van der Waals surface area (Å²) in [7, 11) is 0. The van der Waals surface area contributed by atoms with Gasteiger partial charge in [0.05, 0.1) is 11.4 Å². The van der Waals surface area contributed by atoms with Gasteiger partial charge in [0, 0.05) is 4.88 Å². The molecule has 0 amide bonds. The molecule has 3 heteroatoms. The largest absolute Gasteiger partial charge is 0.359 e. The highest BCUT2D eigenvalue weighted by atomic mass is 32.1. The van der Waals surface area contributed by atoms with Crippen molar-refractivity contribution in [2.75, 3.05) is 10.6 Å². The number of hydrogen-bond donors (Lipinski definition) is 2. The Morgan fingerprint density at radius 2 is 1.64 bits per heavy atom. The van der Waals surface area contributed by atoms with E-state index in [-0.39, 0.29) is 6.17 Å². The van der Waals surface area contributed by atoms with E-state index in [0.29, 0.717) is 0 Å². The summed E-state index contributed by atoms with van der Waals surface area (Å²) in [6, 6.07) is 12.5. The van der Waals surface area contributed by atoms with Crippen LogP contribution in [0.15, 0.2) is 41.8 Å². The molecule has 0 fully saturated rings. The Bertz CT molecular complexity index is 411. The van der Waals surface area contributed by atoms with Gasteiger partial charge in [-0.05, 0) is 23.6 Å². The lowest BCUT2D eigenvalue weighted by molar-refractivity contribution is 0.969. The summed E-state index contributed by atoms with van der Waals surface area (Å²) in [4.78, 5) is 1.32. The maximum Gasteiger partial charge on any atom is 0.133 e. The number of anilines is 2. The average molecular weight is 202 g/mol. The van der Waals surface area contributed by atoms with E-state index in [9.17, 15) is 0 Å². The Hall–Kier alpha value is -1.48. The quantitative estimate of drug-likeness (QED) is 0.741. The highest BCUT2D eigenvalue weighted by Crippen LogP contribution is 2.35. The predicted octanol–water partition coefficient (Wildman–Crippen LogP) is 3.28. The fourth-order valence-corrected chi connectivity index (χ4v) is 2.41. The molecule has 70 valence electrons. The van der Waals surface area contributed by atoms with Crippen molar-refractivity contribution in [2.24, 2.45) is 0 Å². The lowest BCUT2D eigenvalue weighted by Gasteiger charge is -2.08. The number of thiophene rings is 1. The van der Waals surface area contributed by atoms with Crippen LogP contribution in [0.1, 0.15) is 11.0 Å². The highest BCUT2D eigenvalue weighted by molar-refractivity contribution is 7.10. The molecule has 0 aliphatic carbocycles. The van der Waals surface area contributed by atoms with E-state index >= 15 is 0 Å². The maximum absolute atomic E-state index is 3.44. The second-order valence-corrected chi connectivity index (χ2v) is 4.26. The molecule has 0 saturated heterocycles. The third kappa shape index (κ3) is 1.17. The van der Waals surface area contributed by atoms with Crippen molar-refractivity contribution in [1.29, 1.82) is 0 Å². The summed E-state index contributed by atoms with van der Waals surface area (Å²) in [5, 5.41) is 8.97. The van der Waals surface area contributed by atoms with E-state index in [1.807, 2.05) is 12.1 Å². The van der Waals surface area contributed by atoms with E-state index in [4.69, 9.17) is 0 Å². The van der Waals surface area contributed by atoms with Crippen LogP contribution in [0.2, 0.25) is 0 Å². The van der Waals surface area contributed by atoms with Crippen LogP contribution in [0.3, 0.4) is 0 Å². The SMILES string of the molecule is c1csc(C2Nc3ccccc3N2)c1. The van der Waals surface area contributed by atoms with E-state index in [0.717, 1.165) is 0 Å². The normalized spacial score (nSPS) is 14.6. The molecular formula is C11H10N2S. The van der Waals surface area contributed by atoms with Crippen molar-refractivity contribution >= 4 is 22.7 Å². The number of fused-ring (bicyclic) bond motifs is 1. The first-order valence-corrected chi connectivity index (χ1v) is 5.47. The van der Waals surface area contributed by atoms with Gasteiger partial charge in [0.1, 0.15) is 6.17 Å². The molecule has 14 heavy (non-hydrogen) atoms. The molecule has 1 aliphatic heterocycles. The Kier molecular flexibility index (Phi) is 1.70. The molecule has 1 aromatic heterocycles. The summed E-state index contributed by atoms with van der Waals surface area (Å²) >= 11 is 1.77. The van der Waals surface area contributed by atoms with Crippen molar-refractivity contribution < 1.29 is 0 Å². The standard InChI is InChI=1S/C11H10N2S/c1-2-5-9-8(4-1)12-11(13-9)10-6-3-7-14-10/h1-7,11-13H. The zero-order valence-corrected chi connectivity index (χ0v) is 8.34. The number of hydrogen-bond acceptors (Lipinski definition) is 3. The lowest BCUT2D eigenvalue weighted by Crippen LogP contribution is -2.09. The van der Waals surface area contributed by atoms with Crippen molar-refractivity contribution in [1.82, 2.24) is 0 Å². The van der Waals surface area contributed by atoms with Gasteiger partial charge in [-0.3, -0.25) is 0 Å². The number of rotatable bonds is 1. The van der Waals surface area contributed by atoms with Gasteiger partial charge in [-0.1, -0.05) is 18.2 Å².